The average molecular weight is 442 g/mol. The summed E-state index contributed by atoms with van der Waals surface area (Å²) < 4.78 is 0. The van der Waals surface area contributed by atoms with E-state index in [1.54, 1.807) is 23.6 Å². The van der Waals surface area contributed by atoms with Gasteiger partial charge in [-0.2, -0.15) is 0 Å². The number of nitrogens with one attached hydrogen (secondary N) is 2. The van der Waals surface area contributed by atoms with Gasteiger partial charge in [0.25, 0.3) is 5.91 Å². The molecule has 3 amide bonds. The lowest BCUT2D eigenvalue weighted by Crippen LogP contribution is -2.53. The van der Waals surface area contributed by atoms with Crippen LogP contribution in [0.5, 0.6) is 0 Å². The van der Waals surface area contributed by atoms with Crippen LogP contribution in [-0.2, 0) is 6.54 Å². The molecule has 0 atom stereocenters. The van der Waals surface area contributed by atoms with Gasteiger partial charge in [0.15, 0.2) is 0 Å². The Morgan fingerprint density at radius 3 is 2.58 bits per heavy atom. The molecule has 2 N–H and O–H groups in total. The summed E-state index contributed by atoms with van der Waals surface area (Å²) in [7, 11) is 0. The van der Waals surface area contributed by atoms with E-state index in [0.29, 0.717) is 50.0 Å². The van der Waals surface area contributed by atoms with Crippen LogP contribution in [0.15, 0.2) is 35.8 Å². The molecule has 2 fully saturated rings. The molecule has 0 unspecified atom stereocenters. The molecule has 0 aromatic carbocycles. The quantitative estimate of drug-likeness (QED) is 0.719. The predicted molar refractivity (Wildman–Crippen MR) is 123 cm³/mol. The summed E-state index contributed by atoms with van der Waals surface area (Å²) in [5.41, 5.74) is 0.578. The van der Waals surface area contributed by atoms with Gasteiger partial charge in [0.1, 0.15) is 5.82 Å². The second-order valence-corrected chi connectivity index (χ2v) is 9.33. The van der Waals surface area contributed by atoms with E-state index in [-0.39, 0.29) is 11.9 Å². The summed E-state index contributed by atoms with van der Waals surface area (Å²) in [6, 6.07) is 7.62. The lowest BCUT2D eigenvalue weighted by atomic mass is 9.89. The van der Waals surface area contributed by atoms with Crippen LogP contribution >= 0.6 is 11.3 Å². The van der Waals surface area contributed by atoms with E-state index in [0.717, 1.165) is 11.4 Å². The maximum atomic E-state index is 12.8. The normalized spacial score (nSPS) is 17.4. The Labute approximate surface area is 187 Å². The molecule has 31 heavy (non-hydrogen) atoms. The van der Waals surface area contributed by atoms with Crippen LogP contribution in [0.4, 0.5) is 10.6 Å². The Kier molecular flexibility index (Phi) is 7.40. The number of aromatic nitrogens is 1. The van der Waals surface area contributed by atoms with E-state index in [4.69, 9.17) is 0 Å². The molecular formula is C23H31N5O2S. The molecule has 2 aromatic heterocycles. The fraction of sp³-hybridized carbons (Fsp3) is 0.522. The number of hydrogen-bond donors (Lipinski definition) is 2. The molecule has 2 aromatic rings. The van der Waals surface area contributed by atoms with Crippen molar-refractivity contribution in [3.8, 4) is 0 Å². The van der Waals surface area contributed by atoms with Gasteiger partial charge in [-0.05, 0) is 42.3 Å². The van der Waals surface area contributed by atoms with Gasteiger partial charge in [-0.25, -0.2) is 9.78 Å². The van der Waals surface area contributed by atoms with Gasteiger partial charge < -0.3 is 20.4 Å². The molecule has 0 spiro atoms. The molecule has 7 nitrogen and oxygen atoms in total. The number of urea groups is 1. The van der Waals surface area contributed by atoms with Gasteiger partial charge in [-0.1, -0.05) is 25.3 Å². The van der Waals surface area contributed by atoms with Crippen molar-refractivity contribution < 1.29 is 9.59 Å². The Balaban J connectivity index is 1.29. The number of hydrogen-bond acceptors (Lipinski definition) is 5. The average Bonchev–Trinajstić information content (AvgIpc) is 3.35. The van der Waals surface area contributed by atoms with Crippen molar-refractivity contribution in [1.82, 2.24) is 20.5 Å². The highest BCUT2D eigenvalue weighted by atomic mass is 32.1. The van der Waals surface area contributed by atoms with Crippen molar-refractivity contribution in [2.75, 3.05) is 37.6 Å². The topological polar surface area (TPSA) is 77.6 Å². The van der Waals surface area contributed by atoms with Gasteiger partial charge in [0.05, 0.1) is 12.1 Å². The number of piperazine rings is 1. The lowest BCUT2D eigenvalue weighted by molar-refractivity contribution is 0.0951. The van der Waals surface area contributed by atoms with Crippen molar-refractivity contribution in [2.24, 2.45) is 5.92 Å². The first kappa shape index (κ1) is 21.6. The highest BCUT2D eigenvalue weighted by Gasteiger charge is 2.25. The fourth-order valence-electron chi connectivity index (χ4n) is 4.36. The van der Waals surface area contributed by atoms with E-state index in [2.05, 4.69) is 20.5 Å². The maximum absolute atomic E-state index is 12.8. The third-order valence-electron chi connectivity index (χ3n) is 6.17. The standard InChI is InChI=1S/C23H31N5O2S/c29-22(25-17-19-8-5-15-31-19)20-9-4-10-24-21(20)27-11-13-28(14-12-27)23(30)26-16-18-6-2-1-3-7-18/h4-5,8-10,15,18H,1-3,6-7,11-14,16-17H2,(H,25,29)(H,26,30). The molecular weight excluding hydrogens is 410 g/mol. The monoisotopic (exact) mass is 441 g/mol. The first-order chi connectivity index (χ1) is 15.2. The molecule has 0 bridgehead atoms. The smallest absolute Gasteiger partial charge is 0.317 e. The number of nitrogens with zero attached hydrogens (tertiary/aromatic N) is 3. The molecule has 1 aliphatic heterocycles. The lowest BCUT2D eigenvalue weighted by Gasteiger charge is -2.36. The van der Waals surface area contributed by atoms with E-state index < -0.39 is 0 Å². The fourth-order valence-corrected chi connectivity index (χ4v) is 5.00. The molecule has 1 saturated heterocycles. The largest absolute Gasteiger partial charge is 0.352 e. The molecule has 4 rings (SSSR count). The molecule has 3 heterocycles. The van der Waals surface area contributed by atoms with Gasteiger partial charge in [-0.15, -0.1) is 11.3 Å². The number of thiophene rings is 1. The third-order valence-corrected chi connectivity index (χ3v) is 7.04. The van der Waals surface area contributed by atoms with Crippen molar-refractivity contribution in [1.29, 1.82) is 0 Å². The van der Waals surface area contributed by atoms with Gasteiger partial charge >= 0.3 is 6.03 Å². The third kappa shape index (κ3) is 5.76. The number of carbonyl (C=O) groups is 2. The minimum absolute atomic E-state index is 0.0279. The number of pyridine rings is 1. The summed E-state index contributed by atoms with van der Waals surface area (Å²) in [4.78, 5) is 34.9. The van der Waals surface area contributed by atoms with E-state index in [9.17, 15) is 9.59 Å². The Bertz CT molecular complexity index is 859. The minimum atomic E-state index is -0.121. The van der Waals surface area contributed by atoms with Gasteiger partial charge in [0.2, 0.25) is 0 Å². The zero-order valence-corrected chi connectivity index (χ0v) is 18.7. The Morgan fingerprint density at radius 1 is 1.03 bits per heavy atom. The summed E-state index contributed by atoms with van der Waals surface area (Å²) in [5.74, 6) is 1.19. The molecule has 166 valence electrons. The van der Waals surface area contributed by atoms with Crippen LogP contribution in [0.2, 0.25) is 0 Å². The van der Waals surface area contributed by atoms with Crippen LogP contribution in [0.3, 0.4) is 0 Å². The Hall–Kier alpha value is -2.61. The van der Waals surface area contributed by atoms with Crippen LogP contribution in [0.25, 0.3) is 0 Å². The summed E-state index contributed by atoms with van der Waals surface area (Å²) in [6.07, 6.45) is 8.07. The van der Waals surface area contributed by atoms with Gasteiger partial charge in [-0.3, -0.25) is 4.79 Å². The number of rotatable bonds is 6. The zero-order chi connectivity index (χ0) is 21.5. The molecule has 0 radical (unpaired) electrons. The van der Waals surface area contributed by atoms with Crippen molar-refractivity contribution in [2.45, 2.75) is 38.6 Å². The summed E-state index contributed by atoms with van der Waals surface area (Å²) >= 11 is 1.62. The van der Waals surface area contributed by atoms with Crippen LogP contribution < -0.4 is 15.5 Å². The van der Waals surface area contributed by atoms with E-state index >= 15 is 0 Å². The van der Waals surface area contributed by atoms with Crippen molar-refractivity contribution >= 4 is 29.1 Å². The second-order valence-electron chi connectivity index (χ2n) is 8.30. The van der Waals surface area contributed by atoms with Gasteiger partial charge in [0, 0.05) is 43.8 Å². The number of amides is 3. The number of anilines is 1. The summed E-state index contributed by atoms with van der Waals surface area (Å²) in [5, 5.41) is 8.11. The SMILES string of the molecule is O=C(NCc1cccs1)c1cccnc1N1CCN(C(=O)NCC2CCCCC2)CC1. The van der Waals surface area contributed by atoms with Crippen LogP contribution in [0, 0.1) is 5.92 Å². The van der Waals surface area contributed by atoms with Crippen molar-refractivity contribution in [3.63, 3.8) is 0 Å². The van der Waals surface area contributed by atoms with Crippen molar-refractivity contribution in [3.05, 3.63) is 46.3 Å². The maximum Gasteiger partial charge on any atom is 0.317 e. The molecule has 2 aliphatic rings. The first-order valence-corrected chi connectivity index (χ1v) is 12.1. The predicted octanol–water partition coefficient (Wildman–Crippen LogP) is 3.49. The highest BCUT2D eigenvalue weighted by molar-refractivity contribution is 7.09. The Morgan fingerprint density at radius 2 is 1.84 bits per heavy atom. The molecule has 1 aliphatic carbocycles. The number of carbonyl (C=O) groups excluding carboxylic acids is 2. The summed E-state index contributed by atoms with van der Waals surface area (Å²) in [6.45, 7) is 3.89. The van der Waals surface area contributed by atoms with Crippen LogP contribution in [0.1, 0.15) is 47.3 Å². The van der Waals surface area contributed by atoms with E-state index in [1.165, 1.54) is 32.1 Å². The molecule has 8 heteroatoms. The first-order valence-electron chi connectivity index (χ1n) is 11.2. The van der Waals surface area contributed by atoms with Crippen LogP contribution in [-0.4, -0.2) is 54.5 Å². The molecule has 1 saturated carbocycles. The highest BCUT2D eigenvalue weighted by Crippen LogP contribution is 2.23. The second kappa shape index (κ2) is 10.6. The minimum Gasteiger partial charge on any atom is -0.352 e. The zero-order valence-electron chi connectivity index (χ0n) is 17.9. The van der Waals surface area contributed by atoms with E-state index in [1.807, 2.05) is 28.5 Å².